The average Bonchev–Trinajstić information content (AvgIpc) is 3.53. The highest BCUT2D eigenvalue weighted by atomic mass is 16.6. The van der Waals surface area contributed by atoms with Crippen molar-refractivity contribution < 1.29 is 62.3 Å². The highest BCUT2D eigenvalue weighted by Crippen LogP contribution is 2.67. The molecule has 6 rings (SSSR count). The lowest BCUT2D eigenvalue weighted by Crippen LogP contribution is -2.75. The second-order valence-corrected chi connectivity index (χ2v) is 20.0. The molecule has 63 heavy (non-hydrogen) atoms. The van der Waals surface area contributed by atoms with E-state index in [-0.39, 0.29) is 43.1 Å². The van der Waals surface area contributed by atoms with Crippen molar-refractivity contribution in [3.63, 3.8) is 0 Å². The summed E-state index contributed by atoms with van der Waals surface area (Å²) in [5.41, 5.74) is -3.70. The van der Waals surface area contributed by atoms with Gasteiger partial charge in [-0.25, -0.2) is 9.59 Å². The number of benzene rings is 1. The molecule has 2 aliphatic heterocycles. The predicted molar refractivity (Wildman–Crippen MR) is 229 cm³/mol. The van der Waals surface area contributed by atoms with Crippen LogP contribution in [0.3, 0.4) is 0 Å². The number of imide groups is 1. The van der Waals surface area contributed by atoms with E-state index in [1.54, 1.807) is 65.1 Å². The first-order valence-electron chi connectivity index (χ1n) is 22.1. The summed E-state index contributed by atoms with van der Waals surface area (Å²) in [7, 11) is 3.05. The van der Waals surface area contributed by atoms with Gasteiger partial charge in [0.25, 0.3) is 11.8 Å². The maximum absolute atomic E-state index is 15.3. The van der Waals surface area contributed by atoms with Crippen LogP contribution in [0.5, 0.6) is 0 Å². The number of alkyl carbamates (subject to hydrolysis) is 1. The van der Waals surface area contributed by atoms with E-state index in [1.807, 2.05) is 27.7 Å². The molecule has 2 bridgehead atoms. The van der Waals surface area contributed by atoms with Crippen molar-refractivity contribution in [2.45, 2.75) is 149 Å². The van der Waals surface area contributed by atoms with E-state index >= 15 is 4.79 Å². The Balaban J connectivity index is 1.35. The topological polar surface area (TPSA) is 193 Å². The molecule has 15 heteroatoms. The average molecular weight is 879 g/mol. The summed E-state index contributed by atoms with van der Waals surface area (Å²) < 4.78 is 36.3. The SMILES string of the molecule is CO[C@H]1C(=O)[C@]2(C)[C@@H](OC)C[C@H]3OC[C@@]3(C)[C@H]2[C@H](C)[C@]2(O)CC(OC(=O)[C@H](OC(=O)CCCCCN3C(=O)C=CC3=O)[C@@H](NC(=O)OC(C)(C)C)c3ccccc3)C(C)=C1C2(C)C. The first-order valence-corrected chi connectivity index (χ1v) is 22.1. The zero-order valence-corrected chi connectivity index (χ0v) is 38.6. The number of ether oxygens (including phenoxy) is 6. The Kier molecular flexibility index (Phi) is 13.6. The maximum atomic E-state index is 15.3. The van der Waals surface area contributed by atoms with Gasteiger partial charge in [-0.2, -0.15) is 0 Å². The zero-order valence-electron chi connectivity index (χ0n) is 38.6. The molecular formula is C48H66N2O13. The van der Waals surface area contributed by atoms with Gasteiger partial charge in [-0.3, -0.25) is 24.1 Å². The molecule has 11 atom stereocenters. The smallest absolute Gasteiger partial charge is 0.408 e. The van der Waals surface area contributed by atoms with Gasteiger partial charge in [0.2, 0.25) is 6.10 Å². The number of ketones is 1. The van der Waals surface area contributed by atoms with Crippen molar-refractivity contribution >= 4 is 35.6 Å². The minimum absolute atomic E-state index is 0.0631. The number of nitrogens with one attached hydrogen (secondary N) is 1. The van der Waals surface area contributed by atoms with Gasteiger partial charge in [0.05, 0.1) is 29.8 Å². The molecule has 0 radical (unpaired) electrons. The van der Waals surface area contributed by atoms with E-state index in [9.17, 15) is 29.1 Å². The fourth-order valence-electron chi connectivity index (χ4n) is 11.5. The van der Waals surface area contributed by atoms with Crippen LogP contribution in [0.25, 0.3) is 0 Å². The molecule has 5 aliphatic rings. The van der Waals surface area contributed by atoms with Gasteiger partial charge >= 0.3 is 18.0 Å². The van der Waals surface area contributed by atoms with Crippen molar-refractivity contribution in [1.29, 1.82) is 0 Å². The third kappa shape index (κ3) is 8.62. The minimum Gasteiger partial charge on any atom is -0.455 e. The lowest BCUT2D eigenvalue weighted by molar-refractivity contribution is -0.305. The van der Waals surface area contributed by atoms with Gasteiger partial charge in [0, 0.05) is 63.0 Å². The van der Waals surface area contributed by atoms with E-state index in [4.69, 9.17) is 28.4 Å². The van der Waals surface area contributed by atoms with Gasteiger partial charge in [-0.1, -0.05) is 64.4 Å². The number of amides is 3. The second-order valence-electron chi connectivity index (χ2n) is 20.0. The Bertz CT molecular complexity index is 2010. The lowest BCUT2D eigenvalue weighted by Gasteiger charge is -2.69. The fourth-order valence-corrected chi connectivity index (χ4v) is 11.5. The fraction of sp³-hybridized carbons (Fsp3) is 0.667. The third-order valence-corrected chi connectivity index (χ3v) is 14.8. The number of Topliss-reactive ketones (excluding diaryl/α,β-unsaturated/α-hetero) is 1. The van der Waals surface area contributed by atoms with Crippen LogP contribution in [0.15, 0.2) is 53.6 Å². The maximum Gasteiger partial charge on any atom is 0.408 e. The van der Waals surface area contributed by atoms with Gasteiger partial charge < -0.3 is 38.8 Å². The summed E-state index contributed by atoms with van der Waals surface area (Å²) in [6.45, 7) is 17.2. The zero-order chi connectivity index (χ0) is 46.4. The van der Waals surface area contributed by atoms with E-state index in [1.165, 1.54) is 19.3 Å². The number of unbranched alkanes of at least 4 members (excludes halogenated alkanes) is 2. The number of hydrogen-bond donors (Lipinski definition) is 2. The van der Waals surface area contributed by atoms with Crippen molar-refractivity contribution in [3.8, 4) is 0 Å². The quantitative estimate of drug-likeness (QED) is 0.0759. The normalized spacial score (nSPS) is 33.3. The van der Waals surface area contributed by atoms with Gasteiger partial charge in [0.1, 0.15) is 23.9 Å². The van der Waals surface area contributed by atoms with Crippen LogP contribution in [-0.4, -0.2) is 115 Å². The molecule has 346 valence electrons. The van der Waals surface area contributed by atoms with E-state index in [0.29, 0.717) is 49.0 Å². The number of aliphatic hydroxyl groups is 1. The molecule has 1 aromatic carbocycles. The summed E-state index contributed by atoms with van der Waals surface area (Å²) in [5.74, 6) is -3.71. The number of rotatable bonds is 14. The molecule has 2 N–H and O–H groups in total. The molecule has 2 heterocycles. The Morgan fingerprint density at radius 2 is 1.62 bits per heavy atom. The first kappa shape index (κ1) is 48.0. The summed E-state index contributed by atoms with van der Waals surface area (Å²) in [6, 6.07) is 7.25. The number of hydrogen-bond acceptors (Lipinski definition) is 13. The van der Waals surface area contributed by atoms with E-state index in [0.717, 1.165) is 4.90 Å². The minimum atomic E-state index is -1.74. The molecular weight excluding hydrogens is 813 g/mol. The molecule has 3 fully saturated rings. The third-order valence-electron chi connectivity index (χ3n) is 14.8. The molecule has 0 spiro atoms. The number of carbonyl (C=O) groups excluding carboxylic acids is 6. The molecule has 3 aliphatic carbocycles. The summed E-state index contributed by atoms with van der Waals surface area (Å²) in [6.07, 6.45) is -1.60. The molecule has 15 nitrogen and oxygen atoms in total. The van der Waals surface area contributed by atoms with E-state index in [2.05, 4.69) is 12.2 Å². The molecule has 1 unspecified atom stereocenters. The predicted octanol–water partition coefficient (Wildman–Crippen LogP) is 5.72. The summed E-state index contributed by atoms with van der Waals surface area (Å²) >= 11 is 0. The second kappa shape index (κ2) is 17.9. The number of carbonyl (C=O) groups is 6. The van der Waals surface area contributed by atoms with Gasteiger partial charge in [-0.15, -0.1) is 0 Å². The van der Waals surface area contributed by atoms with Crippen LogP contribution in [0, 0.1) is 28.1 Å². The standard InChI is InChI=1S/C48H66N2O13/c1-27-30(25-48(57)28(2)40-46(8)26-60-31(46)24-32(58-10)47(40,9)41(54)38(59-11)36(27)45(48,6)7)61-42(55)39(37(29-18-14-12-15-19-29)49-43(56)63-44(3,4)5)62-35(53)20-16-13-17-23-50-33(51)21-22-34(50)52/h12,14-15,18-19,21-22,28,30-32,37-40,57H,13,16-17,20,23-26H2,1-11H3,(H,49,56)/t28-,30?,31+,32-,37-,38+,39+,40+,46+,47+,48+/m0/s1. The van der Waals surface area contributed by atoms with Crippen molar-refractivity contribution in [3.05, 3.63) is 59.2 Å². The summed E-state index contributed by atoms with van der Waals surface area (Å²) in [5, 5.41) is 16.2. The van der Waals surface area contributed by atoms with Crippen LogP contribution in [0.4, 0.5) is 4.79 Å². The Morgan fingerprint density at radius 3 is 2.19 bits per heavy atom. The largest absolute Gasteiger partial charge is 0.455 e. The van der Waals surface area contributed by atoms with Gasteiger partial charge in [0.15, 0.2) is 5.78 Å². The number of methoxy groups -OCH3 is 2. The Morgan fingerprint density at radius 1 is 0.968 bits per heavy atom. The molecule has 1 aromatic rings. The van der Waals surface area contributed by atoms with E-state index < -0.39 is 87.8 Å². The monoisotopic (exact) mass is 878 g/mol. The van der Waals surface area contributed by atoms with Crippen molar-refractivity contribution in [2.24, 2.45) is 28.1 Å². The Labute approximate surface area is 370 Å². The van der Waals surface area contributed by atoms with Crippen LogP contribution >= 0.6 is 0 Å². The molecule has 2 saturated carbocycles. The van der Waals surface area contributed by atoms with Crippen LogP contribution in [0.1, 0.15) is 112 Å². The molecule has 0 aromatic heterocycles. The first-order chi connectivity index (χ1) is 29.5. The van der Waals surface area contributed by atoms with Crippen molar-refractivity contribution in [2.75, 3.05) is 27.4 Å². The number of nitrogens with zero attached hydrogens (tertiary/aromatic N) is 1. The van der Waals surface area contributed by atoms with Crippen LogP contribution < -0.4 is 5.32 Å². The van der Waals surface area contributed by atoms with Crippen LogP contribution in [0.2, 0.25) is 0 Å². The highest BCUT2D eigenvalue weighted by molar-refractivity contribution is 6.12. The van der Waals surface area contributed by atoms with Crippen LogP contribution in [-0.2, 0) is 52.4 Å². The summed E-state index contributed by atoms with van der Waals surface area (Å²) in [4.78, 5) is 82.4. The number of esters is 2. The van der Waals surface area contributed by atoms with Crippen molar-refractivity contribution in [1.82, 2.24) is 10.2 Å². The lowest BCUT2D eigenvalue weighted by atomic mass is 9.40. The highest BCUT2D eigenvalue weighted by Gasteiger charge is 2.73. The molecule has 1 saturated heterocycles. The number of fused-ring (bicyclic) bond motifs is 5. The Hall–Kier alpha value is -4.44. The molecule has 3 amide bonds. The van der Waals surface area contributed by atoms with Gasteiger partial charge in [-0.05, 0) is 76.0 Å².